The molecular weight excluding hydrogens is 329 g/mol. The van der Waals surface area contributed by atoms with E-state index in [0.29, 0.717) is 12.0 Å². The van der Waals surface area contributed by atoms with Crippen molar-refractivity contribution in [3.05, 3.63) is 58.1 Å². The van der Waals surface area contributed by atoms with Gasteiger partial charge in [-0.2, -0.15) is 23.0 Å². The van der Waals surface area contributed by atoms with Crippen LogP contribution in [0, 0.1) is 6.92 Å². The van der Waals surface area contributed by atoms with Crippen molar-refractivity contribution in [3.63, 3.8) is 0 Å². The fourth-order valence-corrected chi connectivity index (χ4v) is 2.32. The molecule has 0 aliphatic heterocycles. The van der Waals surface area contributed by atoms with E-state index >= 15 is 0 Å². The molecule has 3 aromatic rings. The first-order valence-corrected chi connectivity index (χ1v) is 6.73. The van der Waals surface area contributed by atoms with Crippen molar-refractivity contribution in [2.24, 2.45) is 0 Å². The molecule has 0 saturated heterocycles. The van der Waals surface area contributed by atoms with E-state index in [0.717, 1.165) is 0 Å². The molecule has 0 radical (unpaired) electrons. The van der Waals surface area contributed by atoms with Crippen LogP contribution in [0.25, 0.3) is 16.8 Å². The van der Waals surface area contributed by atoms with Gasteiger partial charge in [0.25, 0.3) is 5.79 Å². The van der Waals surface area contributed by atoms with Crippen molar-refractivity contribution in [1.29, 1.82) is 0 Å². The van der Waals surface area contributed by atoms with E-state index in [4.69, 9.17) is 4.42 Å². The average Bonchev–Trinajstić information content (AvgIpc) is 2.85. The summed E-state index contributed by atoms with van der Waals surface area (Å²) in [5.74, 6) is -4.32. The monoisotopic (exact) mass is 340 g/mol. The lowest BCUT2D eigenvalue weighted by molar-refractivity contribution is -0.359. The molecule has 0 aliphatic carbocycles. The first-order valence-electron chi connectivity index (χ1n) is 6.73. The van der Waals surface area contributed by atoms with Crippen molar-refractivity contribution in [1.82, 2.24) is 9.78 Å². The molecule has 2 aromatic heterocycles. The zero-order chi connectivity index (χ0) is 17.7. The van der Waals surface area contributed by atoms with E-state index < -0.39 is 23.0 Å². The highest BCUT2D eigenvalue weighted by atomic mass is 19.4. The lowest BCUT2D eigenvalue weighted by Crippen LogP contribution is -2.45. The van der Waals surface area contributed by atoms with Gasteiger partial charge in [0, 0.05) is 0 Å². The van der Waals surface area contributed by atoms with Gasteiger partial charge in [0.2, 0.25) is 11.1 Å². The Morgan fingerprint density at radius 3 is 2.38 bits per heavy atom. The molecule has 0 bridgehead atoms. The van der Waals surface area contributed by atoms with Gasteiger partial charge in [-0.15, -0.1) is 0 Å². The minimum Gasteiger partial charge on any atom is -0.445 e. The molecule has 0 spiro atoms. The van der Waals surface area contributed by atoms with E-state index in [-0.39, 0.29) is 16.8 Å². The van der Waals surface area contributed by atoms with Gasteiger partial charge in [-0.3, -0.25) is 4.79 Å². The van der Waals surface area contributed by atoms with Gasteiger partial charge in [-0.1, -0.05) is 18.2 Å². The highest BCUT2D eigenvalue weighted by molar-refractivity contribution is 5.78. The summed E-state index contributed by atoms with van der Waals surface area (Å²) in [5.41, 5.74) is -1.99. The Morgan fingerprint density at radius 1 is 1.17 bits per heavy atom. The number of rotatable bonds is 2. The van der Waals surface area contributed by atoms with E-state index in [1.165, 1.54) is 11.6 Å². The molecule has 6 nitrogen and oxygen atoms in total. The maximum Gasteiger partial charge on any atom is 0.448 e. The number of halogens is 3. The normalized spacial score (nSPS) is 12.8. The summed E-state index contributed by atoms with van der Waals surface area (Å²) >= 11 is 0. The predicted molar refractivity (Wildman–Crippen MR) is 76.5 cm³/mol. The third-order valence-electron chi connectivity index (χ3n) is 3.55. The quantitative estimate of drug-likeness (QED) is 0.697. The highest BCUT2D eigenvalue weighted by Crippen LogP contribution is 2.36. The molecule has 3 rings (SSSR count). The van der Waals surface area contributed by atoms with Crippen LogP contribution in [-0.4, -0.2) is 26.2 Å². The summed E-state index contributed by atoms with van der Waals surface area (Å²) in [6.45, 7) is 1.41. The first-order chi connectivity index (χ1) is 11.1. The van der Waals surface area contributed by atoms with Crippen LogP contribution < -0.4 is 5.43 Å². The minimum atomic E-state index is -5.46. The second kappa shape index (κ2) is 5.18. The Kier molecular flexibility index (Phi) is 3.50. The Bertz CT molecular complexity index is 958. The number of hydrogen-bond acceptors (Lipinski definition) is 5. The molecule has 0 amide bonds. The molecule has 0 saturated carbocycles. The van der Waals surface area contributed by atoms with Gasteiger partial charge in [-0.05, 0) is 19.1 Å². The van der Waals surface area contributed by atoms with Gasteiger partial charge < -0.3 is 14.6 Å². The lowest BCUT2D eigenvalue weighted by Gasteiger charge is -2.23. The molecule has 2 N–H and O–H groups in total. The predicted octanol–water partition coefficient (Wildman–Crippen LogP) is 1.99. The van der Waals surface area contributed by atoms with Crippen LogP contribution in [-0.2, 0) is 5.79 Å². The molecular formula is C15H11F3N2O4. The fourth-order valence-electron chi connectivity index (χ4n) is 2.32. The summed E-state index contributed by atoms with van der Waals surface area (Å²) < 4.78 is 44.6. The number of aromatic nitrogens is 2. The third-order valence-corrected chi connectivity index (χ3v) is 3.55. The molecule has 1 aromatic carbocycles. The molecule has 24 heavy (non-hydrogen) atoms. The van der Waals surface area contributed by atoms with E-state index in [1.54, 1.807) is 30.3 Å². The van der Waals surface area contributed by atoms with Crippen LogP contribution >= 0.6 is 0 Å². The number of benzene rings is 1. The third kappa shape index (κ3) is 2.29. The van der Waals surface area contributed by atoms with Crippen molar-refractivity contribution >= 4 is 11.1 Å². The van der Waals surface area contributed by atoms with E-state index in [9.17, 15) is 28.2 Å². The minimum absolute atomic E-state index is 0.0922. The number of alkyl halides is 3. The summed E-state index contributed by atoms with van der Waals surface area (Å²) in [7, 11) is 0. The number of fused-ring (bicyclic) bond motifs is 1. The summed E-state index contributed by atoms with van der Waals surface area (Å²) in [6.07, 6.45) is -5.07. The Morgan fingerprint density at radius 2 is 1.79 bits per heavy atom. The summed E-state index contributed by atoms with van der Waals surface area (Å²) in [6, 6.07) is 8.50. The molecule has 0 atom stereocenters. The number of para-hydroxylation sites is 1. The summed E-state index contributed by atoms with van der Waals surface area (Å²) in [4.78, 5) is 12.4. The Hall–Kier alpha value is -2.65. The van der Waals surface area contributed by atoms with Crippen molar-refractivity contribution in [2.45, 2.75) is 18.9 Å². The van der Waals surface area contributed by atoms with Crippen LogP contribution in [0.15, 0.2) is 45.8 Å². The molecule has 0 fully saturated rings. The van der Waals surface area contributed by atoms with Gasteiger partial charge in [0.1, 0.15) is 17.2 Å². The lowest BCUT2D eigenvalue weighted by atomic mass is 10.1. The zero-order valence-electron chi connectivity index (χ0n) is 12.2. The number of aryl methyl sites for hydroxylation is 1. The maximum absolute atomic E-state index is 12.8. The molecule has 0 unspecified atom stereocenters. The van der Waals surface area contributed by atoms with E-state index in [2.05, 4.69) is 5.10 Å². The Balaban J connectivity index is 2.30. The number of nitrogens with zero attached hydrogens (tertiary/aromatic N) is 2. The topological polar surface area (TPSA) is 88.5 Å². The maximum atomic E-state index is 12.8. The van der Waals surface area contributed by atoms with Crippen LogP contribution in [0.4, 0.5) is 13.2 Å². The van der Waals surface area contributed by atoms with Gasteiger partial charge >= 0.3 is 6.18 Å². The van der Waals surface area contributed by atoms with Gasteiger partial charge in [-0.25, -0.2) is 0 Å². The standard InChI is InChI=1S/C15H11F3N2O4/c1-8-11-12(21)10(14(22,23)15(16,17)18)7-24-13(11)20(19-8)9-5-3-2-4-6-9/h2-7,22-23H,1H3. The molecule has 0 aliphatic rings. The van der Waals surface area contributed by atoms with E-state index in [1.807, 2.05) is 0 Å². The van der Waals surface area contributed by atoms with Crippen molar-refractivity contribution < 1.29 is 27.8 Å². The van der Waals surface area contributed by atoms with Crippen LogP contribution in [0.3, 0.4) is 0 Å². The second-order valence-corrected chi connectivity index (χ2v) is 5.16. The molecule has 9 heteroatoms. The van der Waals surface area contributed by atoms with Crippen molar-refractivity contribution in [3.8, 4) is 5.69 Å². The first kappa shape index (κ1) is 16.2. The fraction of sp³-hybridized carbons (Fsp3) is 0.200. The average molecular weight is 340 g/mol. The Labute approximate surface area is 132 Å². The number of hydrogen-bond donors (Lipinski definition) is 2. The van der Waals surface area contributed by atoms with Gasteiger partial charge in [0.15, 0.2) is 0 Å². The SMILES string of the molecule is Cc1nn(-c2ccccc2)c2occ(C(O)(O)C(F)(F)F)c(=O)c12. The largest absolute Gasteiger partial charge is 0.448 e. The van der Waals surface area contributed by atoms with Crippen LogP contribution in [0.5, 0.6) is 0 Å². The zero-order valence-corrected chi connectivity index (χ0v) is 12.2. The number of aliphatic hydroxyl groups is 2. The highest BCUT2D eigenvalue weighted by Gasteiger charge is 2.56. The molecule has 2 heterocycles. The van der Waals surface area contributed by atoms with Crippen molar-refractivity contribution in [2.75, 3.05) is 0 Å². The second-order valence-electron chi connectivity index (χ2n) is 5.16. The smallest absolute Gasteiger partial charge is 0.445 e. The summed E-state index contributed by atoms with van der Waals surface area (Å²) in [5, 5.41) is 22.5. The van der Waals surface area contributed by atoms with Gasteiger partial charge in [0.05, 0.1) is 11.4 Å². The molecule has 126 valence electrons. The van der Waals surface area contributed by atoms with Crippen LogP contribution in [0.1, 0.15) is 11.3 Å². The van der Waals surface area contributed by atoms with Crippen LogP contribution in [0.2, 0.25) is 0 Å².